The van der Waals surface area contributed by atoms with Gasteiger partial charge >= 0.3 is 0 Å². The first-order valence-corrected chi connectivity index (χ1v) is 8.62. The van der Waals surface area contributed by atoms with Crippen LogP contribution in [0.3, 0.4) is 0 Å². The predicted octanol–water partition coefficient (Wildman–Crippen LogP) is 0.978. The Labute approximate surface area is 115 Å². The maximum Gasteiger partial charge on any atom is 0.251 e. The molecular weight excluding hydrogens is 264 g/mol. The van der Waals surface area contributed by atoms with E-state index < -0.39 is 10.0 Å². The van der Waals surface area contributed by atoms with E-state index >= 15 is 0 Å². The van der Waals surface area contributed by atoms with Crippen LogP contribution in [0.15, 0.2) is 11.6 Å². The van der Waals surface area contributed by atoms with Crippen molar-refractivity contribution in [3.05, 3.63) is 11.6 Å². The molecule has 1 saturated heterocycles. The molecule has 0 saturated carbocycles. The second-order valence-corrected chi connectivity index (χ2v) is 7.61. The van der Waals surface area contributed by atoms with Gasteiger partial charge in [-0.05, 0) is 33.1 Å². The maximum atomic E-state index is 12.5. The third-order valence-corrected chi connectivity index (χ3v) is 5.28. The molecule has 1 amide bonds. The Morgan fingerprint density at radius 2 is 1.84 bits per heavy atom. The number of sulfonamides is 1. The van der Waals surface area contributed by atoms with Gasteiger partial charge in [0.1, 0.15) is 0 Å². The number of piperidine rings is 1. The van der Waals surface area contributed by atoms with E-state index in [2.05, 4.69) is 13.8 Å². The van der Waals surface area contributed by atoms with Gasteiger partial charge in [-0.2, -0.15) is 4.31 Å². The molecule has 19 heavy (non-hydrogen) atoms. The summed E-state index contributed by atoms with van der Waals surface area (Å²) in [5.41, 5.74) is 0.617. The molecule has 0 aliphatic carbocycles. The Kier molecular flexibility index (Phi) is 4.01. The highest BCUT2D eigenvalue weighted by molar-refractivity contribution is 7.88. The second-order valence-electron chi connectivity index (χ2n) is 5.63. The van der Waals surface area contributed by atoms with Crippen LogP contribution in [0.5, 0.6) is 0 Å². The summed E-state index contributed by atoms with van der Waals surface area (Å²) in [5.74, 6) is 0.00542. The van der Waals surface area contributed by atoms with E-state index in [1.807, 2.05) is 4.90 Å². The number of hydrogen-bond donors (Lipinski definition) is 0. The second kappa shape index (κ2) is 5.25. The third kappa shape index (κ3) is 3.00. The van der Waals surface area contributed by atoms with E-state index in [9.17, 15) is 13.2 Å². The summed E-state index contributed by atoms with van der Waals surface area (Å²) in [6, 6.07) is 0.480. The number of carbonyl (C=O) groups excluding carboxylic acids is 1. The van der Waals surface area contributed by atoms with E-state index in [0.717, 1.165) is 19.3 Å². The van der Waals surface area contributed by atoms with Gasteiger partial charge < -0.3 is 4.90 Å². The first kappa shape index (κ1) is 14.5. The lowest BCUT2D eigenvalue weighted by Crippen LogP contribution is -2.48. The Morgan fingerprint density at radius 1 is 1.26 bits per heavy atom. The van der Waals surface area contributed by atoms with Crippen molar-refractivity contribution in [2.75, 3.05) is 19.3 Å². The molecule has 2 rings (SSSR count). The van der Waals surface area contributed by atoms with Crippen LogP contribution in [-0.2, 0) is 14.8 Å². The van der Waals surface area contributed by atoms with Crippen LogP contribution in [0.4, 0.5) is 0 Å². The summed E-state index contributed by atoms with van der Waals surface area (Å²) >= 11 is 0. The van der Waals surface area contributed by atoms with E-state index in [-0.39, 0.29) is 24.5 Å². The average molecular weight is 286 g/mol. The molecule has 0 aromatic carbocycles. The molecule has 1 fully saturated rings. The van der Waals surface area contributed by atoms with Crippen LogP contribution in [0, 0.1) is 0 Å². The van der Waals surface area contributed by atoms with Crippen LogP contribution in [0.25, 0.3) is 0 Å². The van der Waals surface area contributed by atoms with Gasteiger partial charge in [0.05, 0.1) is 6.26 Å². The van der Waals surface area contributed by atoms with Crippen molar-refractivity contribution in [3.8, 4) is 0 Å². The molecule has 6 heteroatoms. The summed E-state index contributed by atoms with van der Waals surface area (Å²) in [6.45, 7) is 4.67. The topological polar surface area (TPSA) is 57.7 Å². The molecular formula is C13H22N2O3S. The highest BCUT2D eigenvalue weighted by Gasteiger charge is 2.34. The van der Waals surface area contributed by atoms with Crippen molar-refractivity contribution in [1.82, 2.24) is 9.21 Å². The molecule has 2 aliphatic rings. The fourth-order valence-electron chi connectivity index (χ4n) is 2.93. The van der Waals surface area contributed by atoms with Gasteiger partial charge in [0, 0.05) is 30.7 Å². The molecule has 5 nitrogen and oxygen atoms in total. The van der Waals surface area contributed by atoms with Gasteiger partial charge in [0.25, 0.3) is 5.91 Å². The number of likely N-dealkylation sites (tertiary alicyclic amines) is 1. The monoisotopic (exact) mass is 286 g/mol. The zero-order valence-electron chi connectivity index (χ0n) is 11.8. The Balaban J connectivity index is 2.09. The van der Waals surface area contributed by atoms with Crippen molar-refractivity contribution in [2.45, 2.75) is 45.2 Å². The number of carbonyl (C=O) groups is 1. The summed E-state index contributed by atoms with van der Waals surface area (Å²) in [4.78, 5) is 14.4. The van der Waals surface area contributed by atoms with E-state index in [1.165, 1.54) is 10.6 Å². The highest BCUT2D eigenvalue weighted by Crippen LogP contribution is 2.26. The minimum atomic E-state index is -3.22. The molecule has 0 unspecified atom stereocenters. The van der Waals surface area contributed by atoms with Crippen molar-refractivity contribution < 1.29 is 13.2 Å². The summed E-state index contributed by atoms with van der Waals surface area (Å²) in [6.07, 6.45) is 6.14. The zero-order chi connectivity index (χ0) is 14.2. The number of nitrogens with zero attached hydrogens (tertiary/aromatic N) is 2. The molecule has 0 spiro atoms. The molecule has 0 aromatic rings. The van der Waals surface area contributed by atoms with E-state index in [0.29, 0.717) is 12.1 Å². The van der Waals surface area contributed by atoms with Crippen LogP contribution >= 0.6 is 0 Å². The van der Waals surface area contributed by atoms with Crippen molar-refractivity contribution in [1.29, 1.82) is 0 Å². The standard InChI is InChI=1S/C13H22N2O3S/c1-10-5-4-6-11(2)15(10)13(16)12-7-8-14(9-12)19(3,17)18/h7,10-11H,4-6,8-9H2,1-3H3/t10-,11-/m1/s1. The van der Waals surface area contributed by atoms with E-state index in [4.69, 9.17) is 0 Å². The third-order valence-electron chi connectivity index (χ3n) is 4.06. The zero-order valence-corrected chi connectivity index (χ0v) is 12.6. The number of hydrogen-bond acceptors (Lipinski definition) is 3. The highest BCUT2D eigenvalue weighted by atomic mass is 32.2. The van der Waals surface area contributed by atoms with Gasteiger partial charge in [-0.15, -0.1) is 0 Å². The largest absolute Gasteiger partial charge is 0.333 e. The lowest BCUT2D eigenvalue weighted by molar-refractivity contribution is -0.133. The molecule has 2 atom stereocenters. The maximum absolute atomic E-state index is 12.5. The van der Waals surface area contributed by atoms with Crippen molar-refractivity contribution in [3.63, 3.8) is 0 Å². The van der Waals surface area contributed by atoms with Gasteiger partial charge in [0.15, 0.2) is 0 Å². The number of rotatable bonds is 2. The number of amides is 1. The lowest BCUT2D eigenvalue weighted by atomic mass is 9.96. The average Bonchev–Trinajstić information content (AvgIpc) is 2.77. The molecule has 2 heterocycles. The fourth-order valence-corrected chi connectivity index (χ4v) is 3.65. The van der Waals surface area contributed by atoms with Crippen LogP contribution in [0.1, 0.15) is 33.1 Å². The normalized spacial score (nSPS) is 29.4. The molecule has 0 aromatic heterocycles. The SMILES string of the molecule is C[C@@H]1CCC[C@@H](C)N1C(=O)C1=CCN(S(C)(=O)=O)C1. The molecule has 108 valence electrons. The van der Waals surface area contributed by atoms with Crippen LogP contribution < -0.4 is 0 Å². The lowest BCUT2D eigenvalue weighted by Gasteiger charge is -2.39. The van der Waals surface area contributed by atoms with Crippen molar-refractivity contribution in [2.24, 2.45) is 0 Å². The summed E-state index contributed by atoms with van der Waals surface area (Å²) in [7, 11) is -3.22. The van der Waals surface area contributed by atoms with Gasteiger partial charge in [-0.25, -0.2) is 8.42 Å². The van der Waals surface area contributed by atoms with Crippen LogP contribution in [0.2, 0.25) is 0 Å². The minimum absolute atomic E-state index is 0.00542. The summed E-state index contributed by atoms with van der Waals surface area (Å²) in [5, 5.41) is 0. The molecule has 0 N–H and O–H groups in total. The first-order chi connectivity index (χ1) is 8.80. The Hall–Kier alpha value is -0.880. The van der Waals surface area contributed by atoms with Gasteiger partial charge in [-0.3, -0.25) is 4.79 Å². The molecule has 2 aliphatic heterocycles. The Bertz CT molecular complexity index is 488. The summed E-state index contributed by atoms with van der Waals surface area (Å²) < 4.78 is 24.3. The van der Waals surface area contributed by atoms with Gasteiger partial charge in [-0.1, -0.05) is 6.08 Å². The quantitative estimate of drug-likeness (QED) is 0.760. The van der Waals surface area contributed by atoms with Crippen LogP contribution in [-0.4, -0.2) is 55.0 Å². The van der Waals surface area contributed by atoms with Gasteiger partial charge in [0.2, 0.25) is 10.0 Å². The van der Waals surface area contributed by atoms with E-state index in [1.54, 1.807) is 6.08 Å². The fraction of sp³-hybridized carbons (Fsp3) is 0.769. The minimum Gasteiger partial charge on any atom is -0.333 e. The molecule has 0 bridgehead atoms. The molecule has 0 radical (unpaired) electrons. The smallest absolute Gasteiger partial charge is 0.251 e. The predicted molar refractivity (Wildman–Crippen MR) is 74.1 cm³/mol. The first-order valence-electron chi connectivity index (χ1n) is 6.77. The van der Waals surface area contributed by atoms with Crippen molar-refractivity contribution >= 4 is 15.9 Å². The Morgan fingerprint density at radius 3 is 2.32 bits per heavy atom.